The molecule has 0 unspecified atom stereocenters. The molecular weight excluding hydrogens is 226 g/mol. The Morgan fingerprint density at radius 3 is 2.56 bits per heavy atom. The number of benzene rings is 1. The average Bonchev–Trinajstić information content (AvgIpc) is 2.46. The fourth-order valence-corrected chi connectivity index (χ4v) is 2.68. The van der Waals surface area contributed by atoms with Crippen molar-refractivity contribution in [2.75, 3.05) is 14.2 Å². The van der Waals surface area contributed by atoms with Gasteiger partial charge < -0.3 is 14.8 Å². The number of rotatable bonds is 5. The van der Waals surface area contributed by atoms with Crippen molar-refractivity contribution in [3.63, 3.8) is 0 Å². The van der Waals surface area contributed by atoms with E-state index in [0.29, 0.717) is 0 Å². The highest BCUT2D eigenvalue weighted by atomic mass is 16.5. The minimum absolute atomic E-state index is 0.797. The van der Waals surface area contributed by atoms with Crippen LogP contribution in [0.3, 0.4) is 0 Å². The van der Waals surface area contributed by atoms with Crippen LogP contribution >= 0.6 is 0 Å². The molecule has 100 valence electrons. The Kier molecular flexibility index (Phi) is 4.88. The molecule has 0 aliphatic heterocycles. The van der Waals surface area contributed by atoms with E-state index in [4.69, 9.17) is 9.47 Å². The number of methoxy groups -OCH3 is 2. The molecule has 0 radical (unpaired) electrons. The van der Waals surface area contributed by atoms with Gasteiger partial charge in [0, 0.05) is 11.6 Å². The molecule has 0 spiro atoms. The molecule has 2 N–H and O–H groups in total. The smallest absolute Gasteiger partial charge is 0.131 e. The van der Waals surface area contributed by atoms with Crippen molar-refractivity contribution in [2.24, 2.45) is 0 Å². The summed E-state index contributed by atoms with van der Waals surface area (Å²) in [6.07, 6.45) is 6.91. The molecule has 1 fully saturated rings. The summed E-state index contributed by atoms with van der Waals surface area (Å²) in [5.74, 6) is 1.79. The third-order valence-electron chi connectivity index (χ3n) is 3.82. The molecule has 0 bridgehead atoms. The lowest BCUT2D eigenvalue weighted by Gasteiger charge is -2.20. The summed E-state index contributed by atoms with van der Waals surface area (Å²) in [5, 5.41) is 2.46. The number of ether oxygens (including phenoxy) is 2. The summed E-state index contributed by atoms with van der Waals surface area (Å²) >= 11 is 0. The van der Waals surface area contributed by atoms with Gasteiger partial charge in [-0.2, -0.15) is 0 Å². The van der Waals surface area contributed by atoms with Crippen LogP contribution in [0.4, 0.5) is 0 Å². The van der Waals surface area contributed by atoms with Gasteiger partial charge in [0.25, 0.3) is 0 Å². The van der Waals surface area contributed by atoms with E-state index >= 15 is 0 Å². The van der Waals surface area contributed by atoms with Gasteiger partial charge in [-0.1, -0.05) is 6.42 Å². The summed E-state index contributed by atoms with van der Waals surface area (Å²) in [6.45, 7) is 0.998. The van der Waals surface area contributed by atoms with Crippen molar-refractivity contribution < 1.29 is 14.8 Å². The Balaban J connectivity index is 1.95. The third kappa shape index (κ3) is 3.39. The number of quaternary nitrogens is 1. The van der Waals surface area contributed by atoms with E-state index in [9.17, 15) is 0 Å². The second-order valence-electron chi connectivity index (χ2n) is 5.02. The Hall–Kier alpha value is -1.22. The monoisotopic (exact) mass is 250 g/mol. The van der Waals surface area contributed by atoms with Gasteiger partial charge in [-0.05, 0) is 37.8 Å². The molecule has 1 aliphatic rings. The van der Waals surface area contributed by atoms with Gasteiger partial charge in [0.1, 0.15) is 18.0 Å². The lowest BCUT2D eigenvalue weighted by Crippen LogP contribution is -2.88. The molecule has 0 saturated heterocycles. The van der Waals surface area contributed by atoms with Crippen molar-refractivity contribution in [1.82, 2.24) is 0 Å². The van der Waals surface area contributed by atoms with E-state index in [1.54, 1.807) is 14.2 Å². The zero-order chi connectivity index (χ0) is 12.8. The van der Waals surface area contributed by atoms with E-state index in [-0.39, 0.29) is 0 Å². The van der Waals surface area contributed by atoms with Crippen LogP contribution in [0.5, 0.6) is 11.5 Å². The molecule has 1 aliphatic carbocycles. The highest BCUT2D eigenvalue weighted by Crippen LogP contribution is 2.24. The number of nitrogens with two attached hydrogens (primary N) is 1. The second-order valence-corrected chi connectivity index (χ2v) is 5.02. The van der Waals surface area contributed by atoms with Gasteiger partial charge >= 0.3 is 0 Å². The standard InChI is InChI=1S/C15H23NO2/c1-17-14-9-8-12(15(10-14)18-2)11-16-13-6-4-3-5-7-13/h8-10,13,16H,3-7,11H2,1-2H3/p+1. The molecule has 0 aromatic heterocycles. The van der Waals surface area contributed by atoms with E-state index in [2.05, 4.69) is 11.4 Å². The normalized spacial score (nSPS) is 16.6. The van der Waals surface area contributed by atoms with Crippen LogP contribution in [0.25, 0.3) is 0 Å². The topological polar surface area (TPSA) is 35.1 Å². The summed E-state index contributed by atoms with van der Waals surface area (Å²) in [7, 11) is 3.40. The van der Waals surface area contributed by atoms with E-state index < -0.39 is 0 Å². The van der Waals surface area contributed by atoms with Gasteiger partial charge in [0.2, 0.25) is 0 Å². The van der Waals surface area contributed by atoms with Crippen molar-refractivity contribution in [2.45, 2.75) is 44.7 Å². The minimum Gasteiger partial charge on any atom is -0.497 e. The summed E-state index contributed by atoms with van der Waals surface area (Å²) in [5.41, 5.74) is 1.25. The Morgan fingerprint density at radius 1 is 1.11 bits per heavy atom. The highest BCUT2D eigenvalue weighted by molar-refractivity contribution is 5.40. The van der Waals surface area contributed by atoms with Crippen LogP contribution in [-0.2, 0) is 6.54 Å². The zero-order valence-corrected chi connectivity index (χ0v) is 11.4. The van der Waals surface area contributed by atoms with Crippen molar-refractivity contribution in [1.29, 1.82) is 0 Å². The first-order chi connectivity index (χ1) is 8.83. The number of hydrogen-bond acceptors (Lipinski definition) is 2. The van der Waals surface area contributed by atoms with Crippen molar-refractivity contribution >= 4 is 0 Å². The van der Waals surface area contributed by atoms with E-state index in [1.807, 2.05) is 12.1 Å². The lowest BCUT2D eigenvalue weighted by atomic mass is 9.95. The number of hydrogen-bond donors (Lipinski definition) is 1. The van der Waals surface area contributed by atoms with Crippen LogP contribution < -0.4 is 14.8 Å². The first-order valence-corrected chi connectivity index (χ1v) is 6.87. The zero-order valence-electron chi connectivity index (χ0n) is 11.4. The average molecular weight is 250 g/mol. The SMILES string of the molecule is COc1ccc(C[NH2+]C2CCCCC2)c(OC)c1. The molecule has 1 aromatic rings. The maximum absolute atomic E-state index is 5.43. The van der Waals surface area contributed by atoms with Crippen LogP contribution in [0.1, 0.15) is 37.7 Å². The Labute approximate surface area is 109 Å². The van der Waals surface area contributed by atoms with Crippen LogP contribution in [0.2, 0.25) is 0 Å². The molecule has 3 heteroatoms. The van der Waals surface area contributed by atoms with Crippen LogP contribution in [0.15, 0.2) is 18.2 Å². The van der Waals surface area contributed by atoms with E-state index in [0.717, 1.165) is 24.1 Å². The molecule has 0 amide bonds. The molecule has 2 rings (SSSR count). The maximum Gasteiger partial charge on any atom is 0.131 e. The summed E-state index contributed by atoms with van der Waals surface area (Å²) < 4.78 is 10.6. The minimum atomic E-state index is 0.797. The molecule has 3 nitrogen and oxygen atoms in total. The second kappa shape index (κ2) is 6.64. The lowest BCUT2D eigenvalue weighted by molar-refractivity contribution is -0.706. The fourth-order valence-electron chi connectivity index (χ4n) is 2.68. The fraction of sp³-hybridized carbons (Fsp3) is 0.600. The van der Waals surface area contributed by atoms with Gasteiger partial charge in [0.15, 0.2) is 0 Å². The molecule has 0 atom stereocenters. The van der Waals surface area contributed by atoms with Gasteiger partial charge in [-0.25, -0.2) is 0 Å². The van der Waals surface area contributed by atoms with Gasteiger partial charge in [-0.3, -0.25) is 0 Å². The van der Waals surface area contributed by atoms with Crippen molar-refractivity contribution in [3.05, 3.63) is 23.8 Å². The van der Waals surface area contributed by atoms with Gasteiger partial charge in [-0.15, -0.1) is 0 Å². The summed E-state index contributed by atoms with van der Waals surface area (Å²) in [6, 6.07) is 6.87. The molecule has 18 heavy (non-hydrogen) atoms. The van der Waals surface area contributed by atoms with Crippen LogP contribution in [0, 0.1) is 0 Å². The van der Waals surface area contributed by atoms with E-state index in [1.165, 1.54) is 37.7 Å². The summed E-state index contributed by atoms with van der Waals surface area (Å²) in [4.78, 5) is 0. The predicted octanol–water partition coefficient (Wildman–Crippen LogP) is 2.10. The first kappa shape index (κ1) is 13.2. The highest BCUT2D eigenvalue weighted by Gasteiger charge is 2.16. The quantitative estimate of drug-likeness (QED) is 0.868. The van der Waals surface area contributed by atoms with Crippen LogP contribution in [-0.4, -0.2) is 20.3 Å². The Bertz CT molecular complexity index is 373. The molecule has 1 saturated carbocycles. The van der Waals surface area contributed by atoms with Gasteiger partial charge in [0.05, 0.1) is 20.3 Å². The molecule has 0 heterocycles. The van der Waals surface area contributed by atoms with Crippen molar-refractivity contribution in [3.8, 4) is 11.5 Å². The molecule has 1 aromatic carbocycles. The largest absolute Gasteiger partial charge is 0.497 e. The predicted molar refractivity (Wildman–Crippen MR) is 72.0 cm³/mol. The third-order valence-corrected chi connectivity index (χ3v) is 3.82. The maximum atomic E-state index is 5.43. The molecular formula is C15H24NO2+. The Morgan fingerprint density at radius 2 is 1.89 bits per heavy atom. The first-order valence-electron chi connectivity index (χ1n) is 6.87.